The molecule has 7 heteroatoms. The minimum atomic E-state index is 0. The standard InChI is InChI=1S/C18H28N4O2.HI/c1-3-19-18(21-13-17(23)22-10-4-5-11-22)20-12-15-6-8-16(9-7-15)14-24-2;/h6-9H,3-5,10-14H2,1-2H3,(H2,19,20,21);1H. The van der Waals surface area contributed by atoms with Crippen LogP contribution in [-0.2, 0) is 22.7 Å². The quantitative estimate of drug-likeness (QED) is 0.372. The van der Waals surface area contributed by atoms with Gasteiger partial charge in [0.1, 0.15) is 0 Å². The third-order valence-electron chi connectivity index (χ3n) is 3.96. The van der Waals surface area contributed by atoms with Crippen LogP contribution in [0.3, 0.4) is 0 Å². The molecule has 0 aromatic heterocycles. The Kier molecular flexibility index (Phi) is 10.5. The molecule has 1 fully saturated rings. The largest absolute Gasteiger partial charge is 0.380 e. The van der Waals surface area contributed by atoms with Gasteiger partial charge >= 0.3 is 0 Å². The molecule has 25 heavy (non-hydrogen) atoms. The highest BCUT2D eigenvalue weighted by Gasteiger charge is 2.17. The van der Waals surface area contributed by atoms with Crippen molar-refractivity contribution in [1.29, 1.82) is 0 Å². The molecule has 1 aliphatic rings. The summed E-state index contributed by atoms with van der Waals surface area (Å²) in [6.45, 7) is 6.01. The first-order valence-electron chi connectivity index (χ1n) is 8.59. The first kappa shape index (κ1) is 21.7. The van der Waals surface area contributed by atoms with E-state index in [1.54, 1.807) is 7.11 Å². The molecule has 0 saturated carbocycles. The van der Waals surface area contributed by atoms with Crippen LogP contribution in [0.1, 0.15) is 30.9 Å². The van der Waals surface area contributed by atoms with Gasteiger partial charge in [0, 0.05) is 26.7 Å². The van der Waals surface area contributed by atoms with Crippen LogP contribution in [0, 0.1) is 0 Å². The molecule has 0 unspecified atom stereocenters. The molecule has 1 aromatic carbocycles. The second-order valence-electron chi connectivity index (χ2n) is 5.89. The van der Waals surface area contributed by atoms with E-state index in [1.165, 1.54) is 0 Å². The number of halogens is 1. The highest BCUT2D eigenvalue weighted by atomic mass is 127. The minimum Gasteiger partial charge on any atom is -0.380 e. The molecule has 2 rings (SSSR count). The van der Waals surface area contributed by atoms with E-state index in [0.29, 0.717) is 25.7 Å². The molecule has 0 bridgehead atoms. The van der Waals surface area contributed by atoms with Crippen molar-refractivity contribution >= 4 is 35.8 Å². The van der Waals surface area contributed by atoms with Crippen molar-refractivity contribution in [3.05, 3.63) is 35.4 Å². The maximum atomic E-state index is 12.1. The second kappa shape index (κ2) is 12.1. The van der Waals surface area contributed by atoms with Gasteiger partial charge in [0.2, 0.25) is 5.91 Å². The van der Waals surface area contributed by atoms with Crippen LogP contribution in [-0.4, -0.2) is 50.1 Å². The summed E-state index contributed by atoms with van der Waals surface area (Å²) >= 11 is 0. The van der Waals surface area contributed by atoms with E-state index < -0.39 is 0 Å². The number of rotatable bonds is 7. The van der Waals surface area contributed by atoms with Gasteiger partial charge in [-0.3, -0.25) is 4.79 Å². The summed E-state index contributed by atoms with van der Waals surface area (Å²) in [4.78, 5) is 18.6. The van der Waals surface area contributed by atoms with E-state index in [2.05, 4.69) is 27.8 Å². The van der Waals surface area contributed by atoms with Crippen molar-refractivity contribution in [3.8, 4) is 0 Å². The molecule has 1 amide bonds. The first-order chi connectivity index (χ1) is 11.7. The van der Waals surface area contributed by atoms with E-state index in [4.69, 9.17) is 4.74 Å². The molecule has 6 nitrogen and oxygen atoms in total. The molecular weight excluding hydrogens is 431 g/mol. The Balaban J connectivity index is 0.00000312. The second-order valence-corrected chi connectivity index (χ2v) is 5.89. The molecule has 1 saturated heterocycles. The van der Waals surface area contributed by atoms with Crippen molar-refractivity contribution in [2.24, 2.45) is 4.99 Å². The lowest BCUT2D eigenvalue weighted by atomic mass is 10.1. The van der Waals surface area contributed by atoms with Crippen LogP contribution < -0.4 is 10.6 Å². The van der Waals surface area contributed by atoms with Gasteiger partial charge in [0.25, 0.3) is 0 Å². The lowest BCUT2D eigenvalue weighted by Crippen LogP contribution is -2.44. The molecule has 0 spiro atoms. The molecular formula is C18H29IN4O2. The van der Waals surface area contributed by atoms with Crippen LogP contribution in [0.2, 0.25) is 0 Å². The Morgan fingerprint density at radius 3 is 2.40 bits per heavy atom. The Bertz CT molecular complexity index is 543. The fourth-order valence-corrected chi connectivity index (χ4v) is 2.66. The fourth-order valence-electron chi connectivity index (χ4n) is 2.66. The van der Waals surface area contributed by atoms with Gasteiger partial charge in [-0.1, -0.05) is 24.3 Å². The number of ether oxygens (including phenoxy) is 1. The van der Waals surface area contributed by atoms with Gasteiger partial charge in [-0.05, 0) is 30.9 Å². The summed E-state index contributed by atoms with van der Waals surface area (Å²) < 4.78 is 5.11. The number of nitrogens with zero attached hydrogens (tertiary/aromatic N) is 2. The molecule has 0 atom stereocenters. The van der Waals surface area contributed by atoms with Crippen LogP contribution in [0.15, 0.2) is 29.3 Å². The molecule has 2 N–H and O–H groups in total. The van der Waals surface area contributed by atoms with Gasteiger partial charge in [0.05, 0.1) is 19.7 Å². The van der Waals surface area contributed by atoms with E-state index in [0.717, 1.165) is 43.6 Å². The molecule has 0 radical (unpaired) electrons. The lowest BCUT2D eigenvalue weighted by molar-refractivity contribution is -0.128. The fraction of sp³-hybridized carbons (Fsp3) is 0.556. The molecule has 1 aliphatic heterocycles. The van der Waals surface area contributed by atoms with E-state index in [9.17, 15) is 4.79 Å². The molecule has 1 heterocycles. The van der Waals surface area contributed by atoms with Gasteiger partial charge in [0.15, 0.2) is 5.96 Å². The summed E-state index contributed by atoms with van der Waals surface area (Å²) in [6, 6.07) is 8.20. The lowest BCUT2D eigenvalue weighted by Gasteiger charge is -2.17. The maximum Gasteiger partial charge on any atom is 0.241 e. The first-order valence-corrected chi connectivity index (χ1v) is 8.59. The predicted octanol–water partition coefficient (Wildman–Crippen LogP) is 2.13. The van der Waals surface area contributed by atoms with Crippen molar-refractivity contribution in [3.63, 3.8) is 0 Å². The number of hydrogen-bond donors (Lipinski definition) is 2. The molecule has 0 aliphatic carbocycles. The SMILES string of the molecule is CCNC(=NCc1ccc(COC)cc1)NCC(=O)N1CCCC1.I. The number of benzene rings is 1. The molecule has 140 valence electrons. The smallest absolute Gasteiger partial charge is 0.241 e. The number of hydrogen-bond acceptors (Lipinski definition) is 3. The number of methoxy groups -OCH3 is 1. The topological polar surface area (TPSA) is 66.0 Å². The third-order valence-corrected chi connectivity index (χ3v) is 3.96. The summed E-state index contributed by atoms with van der Waals surface area (Å²) in [5, 5.41) is 6.31. The zero-order valence-electron chi connectivity index (χ0n) is 15.1. The zero-order chi connectivity index (χ0) is 17.2. The van der Waals surface area contributed by atoms with Gasteiger partial charge < -0.3 is 20.3 Å². The van der Waals surface area contributed by atoms with Gasteiger partial charge in [-0.15, -0.1) is 24.0 Å². The minimum absolute atomic E-state index is 0. The van der Waals surface area contributed by atoms with Gasteiger partial charge in [-0.25, -0.2) is 4.99 Å². The number of likely N-dealkylation sites (tertiary alicyclic amines) is 1. The molecule has 1 aromatic rings. The number of amides is 1. The van der Waals surface area contributed by atoms with Crippen molar-refractivity contribution in [2.45, 2.75) is 32.9 Å². The zero-order valence-corrected chi connectivity index (χ0v) is 17.4. The average molecular weight is 460 g/mol. The van der Waals surface area contributed by atoms with E-state index in [1.807, 2.05) is 24.0 Å². The summed E-state index contributed by atoms with van der Waals surface area (Å²) in [5.74, 6) is 0.813. The Hall–Kier alpha value is -1.35. The van der Waals surface area contributed by atoms with Crippen molar-refractivity contribution < 1.29 is 9.53 Å². The number of carbonyl (C=O) groups excluding carboxylic acids is 1. The highest BCUT2D eigenvalue weighted by Crippen LogP contribution is 2.07. The van der Waals surface area contributed by atoms with Crippen LogP contribution >= 0.6 is 24.0 Å². The Morgan fingerprint density at radius 1 is 1.16 bits per heavy atom. The van der Waals surface area contributed by atoms with Crippen LogP contribution in [0.5, 0.6) is 0 Å². The van der Waals surface area contributed by atoms with Crippen molar-refractivity contribution in [2.75, 3.05) is 33.3 Å². The van der Waals surface area contributed by atoms with Crippen LogP contribution in [0.4, 0.5) is 0 Å². The third kappa shape index (κ3) is 7.60. The Morgan fingerprint density at radius 2 is 1.80 bits per heavy atom. The summed E-state index contributed by atoms with van der Waals surface area (Å²) in [6.07, 6.45) is 2.22. The highest BCUT2D eigenvalue weighted by molar-refractivity contribution is 14.0. The summed E-state index contributed by atoms with van der Waals surface area (Å²) in [7, 11) is 1.69. The van der Waals surface area contributed by atoms with Gasteiger partial charge in [-0.2, -0.15) is 0 Å². The number of nitrogens with one attached hydrogen (secondary N) is 2. The number of carbonyl (C=O) groups is 1. The Labute approximate surface area is 167 Å². The normalized spacial score (nSPS) is 14.2. The van der Waals surface area contributed by atoms with Crippen molar-refractivity contribution in [1.82, 2.24) is 15.5 Å². The number of aliphatic imine (C=N–C) groups is 1. The number of guanidine groups is 1. The predicted molar refractivity (Wildman–Crippen MR) is 111 cm³/mol. The maximum absolute atomic E-state index is 12.1. The van der Waals surface area contributed by atoms with E-state index >= 15 is 0 Å². The monoisotopic (exact) mass is 460 g/mol. The van der Waals surface area contributed by atoms with Crippen LogP contribution in [0.25, 0.3) is 0 Å². The van der Waals surface area contributed by atoms with E-state index in [-0.39, 0.29) is 29.9 Å². The summed E-state index contributed by atoms with van der Waals surface area (Å²) in [5.41, 5.74) is 2.27. The average Bonchev–Trinajstić information content (AvgIpc) is 3.13.